The summed E-state index contributed by atoms with van der Waals surface area (Å²) in [4.78, 5) is 15.8. The van der Waals surface area contributed by atoms with Crippen molar-refractivity contribution in [2.75, 3.05) is 5.75 Å². The first-order chi connectivity index (χ1) is 10.2. The van der Waals surface area contributed by atoms with Crippen LogP contribution in [0.1, 0.15) is 21.5 Å². The number of aromatic carboxylic acids is 1. The Bertz CT molecular complexity index is 803. The summed E-state index contributed by atoms with van der Waals surface area (Å²) in [6.45, 7) is 7.30. The maximum atomic E-state index is 11.2. The van der Waals surface area contributed by atoms with Gasteiger partial charge in [-0.05, 0) is 34.9 Å². The number of hydrogen-bond donors (Lipinski definition) is 1. The summed E-state index contributed by atoms with van der Waals surface area (Å²) < 4.78 is 0. The minimum Gasteiger partial charge on any atom is -0.478 e. The number of hydrogen-bond acceptors (Lipinski definition) is 2. The van der Waals surface area contributed by atoms with Crippen LogP contribution >= 0.6 is 11.8 Å². The van der Waals surface area contributed by atoms with Crippen molar-refractivity contribution in [2.45, 2.75) is 4.90 Å². The molecule has 0 spiro atoms. The van der Waals surface area contributed by atoms with E-state index in [9.17, 15) is 4.79 Å². The predicted octanol–water partition coefficient (Wildman–Crippen LogP) is 4.47. The molecule has 0 fully saturated rings. The van der Waals surface area contributed by atoms with Gasteiger partial charge in [0.2, 0.25) is 0 Å². The number of thioether (sulfide) groups is 1. The number of fused-ring (bicyclic) bond motifs is 1. The Morgan fingerprint density at radius 2 is 2.00 bits per heavy atom. The van der Waals surface area contributed by atoms with Crippen LogP contribution in [0.4, 0.5) is 5.69 Å². The standard InChI is InChI=1S/C17H11NO2S/c1-18-15-5-3-2-4-13(15)12-8-9-21-16-7-6-11(17(19)20)10-14(12)16/h2-8,10H,9H2,(H,19,20). The van der Waals surface area contributed by atoms with Crippen molar-refractivity contribution in [3.63, 3.8) is 0 Å². The molecule has 3 rings (SSSR count). The maximum absolute atomic E-state index is 11.2. The molecule has 0 aliphatic carbocycles. The van der Waals surface area contributed by atoms with Crippen LogP contribution in [0.2, 0.25) is 0 Å². The van der Waals surface area contributed by atoms with Gasteiger partial charge in [-0.2, -0.15) is 0 Å². The third kappa shape index (κ3) is 2.44. The van der Waals surface area contributed by atoms with Gasteiger partial charge in [0.05, 0.1) is 12.1 Å². The van der Waals surface area contributed by atoms with E-state index in [1.807, 2.05) is 24.3 Å². The van der Waals surface area contributed by atoms with Crippen molar-refractivity contribution >= 4 is 29.0 Å². The second kappa shape index (κ2) is 5.47. The van der Waals surface area contributed by atoms with Gasteiger partial charge in [-0.1, -0.05) is 30.3 Å². The molecule has 0 saturated carbocycles. The second-order valence-electron chi connectivity index (χ2n) is 4.57. The molecule has 1 N–H and O–H groups in total. The molecule has 0 radical (unpaired) electrons. The van der Waals surface area contributed by atoms with Gasteiger partial charge in [0.15, 0.2) is 5.69 Å². The van der Waals surface area contributed by atoms with Crippen molar-refractivity contribution in [2.24, 2.45) is 0 Å². The van der Waals surface area contributed by atoms with E-state index < -0.39 is 5.97 Å². The lowest BCUT2D eigenvalue weighted by atomic mass is 9.94. The normalized spacial score (nSPS) is 13.0. The van der Waals surface area contributed by atoms with Crippen LogP contribution in [0.3, 0.4) is 0 Å². The number of para-hydroxylation sites is 1. The molecule has 4 heteroatoms. The number of carboxylic acids is 1. The minimum atomic E-state index is -0.939. The van der Waals surface area contributed by atoms with Gasteiger partial charge in [0.1, 0.15) is 0 Å². The van der Waals surface area contributed by atoms with Gasteiger partial charge < -0.3 is 5.11 Å². The molecule has 2 aromatic rings. The largest absolute Gasteiger partial charge is 0.478 e. The van der Waals surface area contributed by atoms with Gasteiger partial charge in [0.25, 0.3) is 0 Å². The van der Waals surface area contributed by atoms with Crippen LogP contribution in [0.15, 0.2) is 53.4 Å². The predicted molar refractivity (Wildman–Crippen MR) is 83.9 cm³/mol. The molecule has 0 bridgehead atoms. The first kappa shape index (κ1) is 13.5. The molecule has 1 aliphatic rings. The van der Waals surface area contributed by atoms with E-state index in [4.69, 9.17) is 11.7 Å². The van der Waals surface area contributed by atoms with E-state index in [1.54, 1.807) is 30.0 Å². The van der Waals surface area contributed by atoms with E-state index in [0.29, 0.717) is 5.69 Å². The summed E-state index contributed by atoms with van der Waals surface area (Å²) >= 11 is 1.67. The number of rotatable bonds is 2. The van der Waals surface area contributed by atoms with Crippen molar-refractivity contribution in [1.29, 1.82) is 0 Å². The van der Waals surface area contributed by atoms with Crippen LogP contribution in [0.5, 0.6) is 0 Å². The van der Waals surface area contributed by atoms with E-state index >= 15 is 0 Å². The quantitative estimate of drug-likeness (QED) is 0.830. The van der Waals surface area contributed by atoms with Crippen LogP contribution < -0.4 is 0 Å². The molecule has 1 aliphatic heterocycles. The molecule has 2 aromatic carbocycles. The summed E-state index contributed by atoms with van der Waals surface area (Å²) in [5, 5.41) is 9.17. The summed E-state index contributed by atoms with van der Waals surface area (Å²) in [5.41, 5.74) is 3.54. The smallest absolute Gasteiger partial charge is 0.335 e. The number of carboxylic acid groups (broad SMARTS) is 1. The van der Waals surface area contributed by atoms with Crippen molar-refractivity contribution in [1.82, 2.24) is 0 Å². The van der Waals surface area contributed by atoms with Gasteiger partial charge in [-0.15, -0.1) is 11.8 Å². The second-order valence-corrected chi connectivity index (χ2v) is 5.64. The maximum Gasteiger partial charge on any atom is 0.335 e. The Hall–Kier alpha value is -2.51. The van der Waals surface area contributed by atoms with Gasteiger partial charge in [-0.3, -0.25) is 0 Å². The highest BCUT2D eigenvalue weighted by Crippen LogP contribution is 2.40. The van der Waals surface area contributed by atoms with Gasteiger partial charge >= 0.3 is 5.97 Å². The zero-order valence-corrected chi connectivity index (χ0v) is 11.9. The van der Waals surface area contributed by atoms with E-state index in [0.717, 1.165) is 27.3 Å². The lowest BCUT2D eigenvalue weighted by Crippen LogP contribution is -2.02. The van der Waals surface area contributed by atoms with Crippen molar-refractivity contribution < 1.29 is 9.90 Å². The molecule has 0 atom stereocenters. The fourth-order valence-corrected chi connectivity index (χ4v) is 3.30. The van der Waals surface area contributed by atoms with E-state index in [1.165, 1.54) is 0 Å². The minimum absolute atomic E-state index is 0.266. The van der Waals surface area contributed by atoms with Crippen LogP contribution in [-0.2, 0) is 0 Å². The fraction of sp³-hybridized carbons (Fsp3) is 0.0588. The first-order valence-corrected chi connectivity index (χ1v) is 7.37. The van der Waals surface area contributed by atoms with Gasteiger partial charge in [-0.25, -0.2) is 9.64 Å². The van der Waals surface area contributed by atoms with Gasteiger partial charge in [0, 0.05) is 10.6 Å². The Morgan fingerprint density at radius 1 is 1.19 bits per heavy atom. The lowest BCUT2D eigenvalue weighted by Gasteiger charge is -2.19. The monoisotopic (exact) mass is 293 g/mol. The average molecular weight is 293 g/mol. The third-order valence-corrected chi connectivity index (χ3v) is 4.36. The van der Waals surface area contributed by atoms with Crippen molar-refractivity contribution in [3.05, 3.63) is 76.6 Å². The third-order valence-electron chi connectivity index (χ3n) is 3.36. The Morgan fingerprint density at radius 3 is 2.76 bits per heavy atom. The summed E-state index contributed by atoms with van der Waals surface area (Å²) in [6, 6.07) is 12.6. The molecule has 0 unspecified atom stereocenters. The first-order valence-electron chi connectivity index (χ1n) is 6.38. The SMILES string of the molecule is [C-]#[N+]c1ccccc1C1=CCSc2ccc(C(=O)O)cc21. The molecule has 1 heterocycles. The molecule has 102 valence electrons. The molecule has 3 nitrogen and oxygen atoms in total. The molecule has 21 heavy (non-hydrogen) atoms. The zero-order valence-electron chi connectivity index (χ0n) is 11.0. The zero-order chi connectivity index (χ0) is 14.8. The highest BCUT2D eigenvalue weighted by molar-refractivity contribution is 7.99. The number of carbonyl (C=O) groups is 1. The highest BCUT2D eigenvalue weighted by Gasteiger charge is 2.18. The average Bonchev–Trinajstić information content (AvgIpc) is 2.53. The lowest BCUT2D eigenvalue weighted by molar-refractivity contribution is 0.0697. The molecular weight excluding hydrogens is 282 g/mol. The Kier molecular flexibility index (Phi) is 3.51. The molecule has 0 aromatic heterocycles. The Balaban J connectivity index is 2.19. The topological polar surface area (TPSA) is 41.7 Å². The number of benzene rings is 2. The summed E-state index contributed by atoms with van der Waals surface area (Å²) in [5.74, 6) is -0.118. The van der Waals surface area contributed by atoms with Crippen LogP contribution in [-0.4, -0.2) is 16.8 Å². The van der Waals surface area contributed by atoms with E-state index in [-0.39, 0.29) is 5.56 Å². The molecule has 0 saturated heterocycles. The van der Waals surface area contributed by atoms with Crippen LogP contribution in [0, 0.1) is 6.57 Å². The van der Waals surface area contributed by atoms with E-state index in [2.05, 4.69) is 10.9 Å². The van der Waals surface area contributed by atoms with Crippen LogP contribution in [0.25, 0.3) is 10.4 Å². The number of nitrogens with zero attached hydrogens (tertiary/aromatic N) is 1. The Labute approximate surface area is 126 Å². The summed E-state index contributed by atoms with van der Waals surface area (Å²) in [6.07, 6.45) is 2.06. The van der Waals surface area contributed by atoms with Crippen molar-refractivity contribution in [3.8, 4) is 0 Å². The molecule has 0 amide bonds. The summed E-state index contributed by atoms with van der Waals surface area (Å²) in [7, 11) is 0. The fourth-order valence-electron chi connectivity index (χ4n) is 2.38. The molecular formula is C17H11NO2S. The highest BCUT2D eigenvalue weighted by atomic mass is 32.2.